The molecule has 0 N–H and O–H groups in total. The molecule has 8 nitrogen and oxygen atoms in total. The first-order chi connectivity index (χ1) is 15.8. The zero-order valence-corrected chi connectivity index (χ0v) is 19.6. The predicted molar refractivity (Wildman–Crippen MR) is 123 cm³/mol. The molecule has 2 aromatic heterocycles. The van der Waals surface area contributed by atoms with E-state index in [0.717, 1.165) is 17.0 Å². The number of carbonyl (C=O) groups excluding carboxylic acids is 1. The van der Waals surface area contributed by atoms with E-state index < -0.39 is 5.79 Å². The summed E-state index contributed by atoms with van der Waals surface area (Å²) in [6, 6.07) is 11.5. The van der Waals surface area contributed by atoms with E-state index in [1.165, 1.54) is 0 Å². The van der Waals surface area contributed by atoms with Gasteiger partial charge in [-0.05, 0) is 18.2 Å². The normalized spacial score (nSPS) is 18.2. The Balaban J connectivity index is 1.55. The lowest BCUT2D eigenvalue weighted by atomic mass is 9.93. The van der Waals surface area contributed by atoms with Crippen LogP contribution in [0.5, 0.6) is 5.75 Å². The summed E-state index contributed by atoms with van der Waals surface area (Å²) in [5, 5.41) is 4.77. The van der Waals surface area contributed by atoms with E-state index in [-0.39, 0.29) is 11.3 Å². The Morgan fingerprint density at radius 1 is 1.09 bits per heavy atom. The number of hydrogen-bond acceptors (Lipinski definition) is 6. The number of carbonyl (C=O) groups is 1. The highest BCUT2D eigenvalue weighted by atomic mass is 16.7. The van der Waals surface area contributed by atoms with Gasteiger partial charge in [-0.1, -0.05) is 32.9 Å². The second kappa shape index (κ2) is 8.11. The van der Waals surface area contributed by atoms with Crippen molar-refractivity contribution in [3.8, 4) is 17.0 Å². The first kappa shape index (κ1) is 21.9. The highest BCUT2D eigenvalue weighted by Crippen LogP contribution is 2.32. The van der Waals surface area contributed by atoms with Gasteiger partial charge in [0.05, 0.1) is 31.7 Å². The summed E-state index contributed by atoms with van der Waals surface area (Å²) in [5.41, 5.74) is 3.46. The van der Waals surface area contributed by atoms with Gasteiger partial charge in [-0.25, -0.2) is 9.50 Å². The predicted octanol–water partition coefficient (Wildman–Crippen LogP) is 3.68. The van der Waals surface area contributed by atoms with Gasteiger partial charge >= 0.3 is 0 Å². The minimum absolute atomic E-state index is 0.0667. The molecular weight excluding hydrogens is 420 g/mol. The third-order valence-corrected chi connectivity index (χ3v) is 6.41. The summed E-state index contributed by atoms with van der Waals surface area (Å²) in [6.07, 6.45) is 1.34. The van der Waals surface area contributed by atoms with Crippen LogP contribution in [0, 0.1) is 0 Å². The van der Waals surface area contributed by atoms with Gasteiger partial charge in [0.15, 0.2) is 11.4 Å². The molecule has 2 aliphatic rings. The standard InChI is InChI=1S/C25H30N4O4/c1-24(2,3)21-16-22-26-19(17-6-5-7-18(14-17)31-4)15-20(29(22)27-21)23(30)28-10-8-25(9-11-28)32-12-13-33-25/h5-7,14-16H,8-13H2,1-4H3. The molecule has 4 heterocycles. The number of piperidine rings is 1. The minimum Gasteiger partial charge on any atom is -0.497 e. The molecule has 2 saturated heterocycles. The molecule has 0 aliphatic carbocycles. The van der Waals surface area contributed by atoms with Crippen molar-refractivity contribution >= 4 is 11.6 Å². The van der Waals surface area contributed by atoms with E-state index in [9.17, 15) is 4.79 Å². The maximum Gasteiger partial charge on any atom is 0.272 e. The molecule has 5 rings (SSSR count). The number of amides is 1. The highest BCUT2D eigenvalue weighted by Gasteiger charge is 2.41. The van der Waals surface area contributed by atoms with Crippen LogP contribution in [-0.4, -0.2) is 64.6 Å². The maximum absolute atomic E-state index is 13.7. The first-order valence-electron chi connectivity index (χ1n) is 11.4. The maximum atomic E-state index is 13.7. The van der Waals surface area contributed by atoms with Crippen LogP contribution in [0.2, 0.25) is 0 Å². The highest BCUT2D eigenvalue weighted by molar-refractivity contribution is 5.94. The molecule has 0 saturated carbocycles. The van der Waals surface area contributed by atoms with Gasteiger partial charge in [-0.3, -0.25) is 4.79 Å². The Morgan fingerprint density at radius 2 is 1.82 bits per heavy atom. The van der Waals surface area contributed by atoms with Crippen LogP contribution in [0.4, 0.5) is 0 Å². The quantitative estimate of drug-likeness (QED) is 0.606. The summed E-state index contributed by atoms with van der Waals surface area (Å²) >= 11 is 0. The van der Waals surface area contributed by atoms with Crippen LogP contribution >= 0.6 is 0 Å². The average molecular weight is 451 g/mol. The Labute approximate surface area is 193 Å². The molecule has 1 aromatic carbocycles. The van der Waals surface area contributed by atoms with Crippen molar-refractivity contribution in [2.45, 2.75) is 44.8 Å². The van der Waals surface area contributed by atoms with Crippen molar-refractivity contribution in [1.29, 1.82) is 0 Å². The summed E-state index contributed by atoms with van der Waals surface area (Å²) in [7, 11) is 1.64. The van der Waals surface area contributed by atoms with E-state index in [4.69, 9.17) is 24.3 Å². The van der Waals surface area contributed by atoms with Crippen LogP contribution in [-0.2, 0) is 14.9 Å². The van der Waals surface area contributed by atoms with Crippen molar-refractivity contribution in [2.24, 2.45) is 0 Å². The van der Waals surface area contributed by atoms with Crippen LogP contribution < -0.4 is 4.74 Å². The van der Waals surface area contributed by atoms with Crippen LogP contribution in [0.1, 0.15) is 49.8 Å². The number of nitrogens with zero attached hydrogens (tertiary/aromatic N) is 4. The molecule has 2 aliphatic heterocycles. The summed E-state index contributed by atoms with van der Waals surface area (Å²) in [4.78, 5) is 20.4. The zero-order chi connectivity index (χ0) is 23.2. The molecule has 2 fully saturated rings. The minimum atomic E-state index is -0.527. The van der Waals surface area contributed by atoms with Crippen molar-refractivity contribution in [3.05, 3.63) is 47.8 Å². The van der Waals surface area contributed by atoms with E-state index in [1.54, 1.807) is 11.6 Å². The molecule has 1 spiro atoms. The second-order valence-electron chi connectivity index (χ2n) is 9.71. The Bertz CT molecular complexity index is 1180. The number of methoxy groups -OCH3 is 1. The number of rotatable bonds is 3. The van der Waals surface area contributed by atoms with Gasteiger partial charge in [0.2, 0.25) is 0 Å². The second-order valence-corrected chi connectivity index (χ2v) is 9.71. The van der Waals surface area contributed by atoms with E-state index in [2.05, 4.69) is 20.8 Å². The number of fused-ring (bicyclic) bond motifs is 1. The molecule has 0 atom stereocenters. The van der Waals surface area contributed by atoms with Gasteiger partial charge in [0.25, 0.3) is 5.91 Å². The molecule has 0 radical (unpaired) electrons. The van der Waals surface area contributed by atoms with Gasteiger partial charge < -0.3 is 19.1 Å². The lowest BCUT2D eigenvalue weighted by Crippen LogP contribution is -2.47. The smallest absolute Gasteiger partial charge is 0.272 e. The van der Waals surface area contributed by atoms with Crippen LogP contribution in [0.25, 0.3) is 16.9 Å². The SMILES string of the molecule is COc1cccc(-c2cc(C(=O)N3CCC4(CC3)OCCO4)n3nc(C(C)(C)C)cc3n2)c1. The molecule has 0 bridgehead atoms. The Morgan fingerprint density at radius 3 is 2.48 bits per heavy atom. The van der Waals surface area contributed by atoms with E-state index in [1.807, 2.05) is 41.3 Å². The van der Waals surface area contributed by atoms with Gasteiger partial charge in [-0.2, -0.15) is 5.10 Å². The summed E-state index contributed by atoms with van der Waals surface area (Å²) in [5.74, 6) is 0.146. The van der Waals surface area contributed by atoms with Crippen molar-refractivity contribution in [2.75, 3.05) is 33.4 Å². The third-order valence-electron chi connectivity index (χ3n) is 6.41. The number of benzene rings is 1. The molecule has 3 aromatic rings. The topological polar surface area (TPSA) is 78.2 Å². The number of likely N-dealkylation sites (tertiary alicyclic amines) is 1. The molecule has 174 valence electrons. The molecule has 0 unspecified atom stereocenters. The zero-order valence-electron chi connectivity index (χ0n) is 19.6. The molecule has 1 amide bonds. The lowest BCUT2D eigenvalue weighted by molar-refractivity contribution is -0.181. The average Bonchev–Trinajstić information content (AvgIpc) is 3.46. The third kappa shape index (κ3) is 4.09. The van der Waals surface area contributed by atoms with E-state index >= 15 is 0 Å². The van der Waals surface area contributed by atoms with Crippen molar-refractivity contribution in [1.82, 2.24) is 19.5 Å². The van der Waals surface area contributed by atoms with Crippen LogP contribution in [0.15, 0.2) is 36.4 Å². The molecular formula is C25H30N4O4. The fourth-order valence-electron chi connectivity index (χ4n) is 4.42. The van der Waals surface area contributed by atoms with Gasteiger partial charge in [-0.15, -0.1) is 0 Å². The number of ether oxygens (including phenoxy) is 3. The Kier molecular flexibility index (Phi) is 5.37. The number of aromatic nitrogens is 3. The van der Waals surface area contributed by atoms with Gasteiger partial charge in [0, 0.05) is 43.0 Å². The largest absolute Gasteiger partial charge is 0.497 e. The van der Waals surface area contributed by atoms with Crippen LogP contribution in [0.3, 0.4) is 0 Å². The first-order valence-corrected chi connectivity index (χ1v) is 11.4. The summed E-state index contributed by atoms with van der Waals surface area (Å²) in [6.45, 7) is 8.69. The fraction of sp³-hybridized carbons (Fsp3) is 0.480. The number of hydrogen-bond donors (Lipinski definition) is 0. The summed E-state index contributed by atoms with van der Waals surface area (Å²) < 4.78 is 18.7. The van der Waals surface area contributed by atoms with Crippen molar-refractivity contribution in [3.63, 3.8) is 0 Å². The lowest BCUT2D eigenvalue weighted by Gasteiger charge is -2.37. The van der Waals surface area contributed by atoms with E-state index in [0.29, 0.717) is 56.2 Å². The molecule has 33 heavy (non-hydrogen) atoms. The molecule has 8 heteroatoms. The van der Waals surface area contributed by atoms with Crippen molar-refractivity contribution < 1.29 is 19.0 Å². The monoisotopic (exact) mass is 450 g/mol. The fourth-order valence-corrected chi connectivity index (χ4v) is 4.42. The Hall–Kier alpha value is -2.97. The van der Waals surface area contributed by atoms with Gasteiger partial charge in [0.1, 0.15) is 11.4 Å².